The molecule has 1 unspecified atom stereocenters. The highest BCUT2D eigenvalue weighted by molar-refractivity contribution is 5.79. The fourth-order valence-corrected chi connectivity index (χ4v) is 3.22. The van der Waals surface area contributed by atoms with Crippen LogP contribution in [0.1, 0.15) is 25.3 Å². The quantitative estimate of drug-likeness (QED) is 0.425. The first-order chi connectivity index (χ1) is 13.1. The molecule has 1 aromatic carbocycles. The van der Waals surface area contributed by atoms with Crippen molar-refractivity contribution in [3.8, 4) is 0 Å². The Morgan fingerprint density at radius 1 is 1.33 bits per heavy atom. The van der Waals surface area contributed by atoms with Gasteiger partial charge in [0.15, 0.2) is 5.96 Å². The highest BCUT2D eigenvalue weighted by atomic mass is 19.1. The van der Waals surface area contributed by atoms with E-state index in [0.717, 1.165) is 57.2 Å². The van der Waals surface area contributed by atoms with Crippen LogP contribution in [0.15, 0.2) is 29.3 Å². The summed E-state index contributed by atoms with van der Waals surface area (Å²) in [5.74, 6) is 0.582. The van der Waals surface area contributed by atoms with Crippen LogP contribution < -0.4 is 10.6 Å². The summed E-state index contributed by atoms with van der Waals surface area (Å²) in [5.41, 5.74) is 1.04. The van der Waals surface area contributed by atoms with Gasteiger partial charge >= 0.3 is 0 Å². The predicted molar refractivity (Wildman–Crippen MR) is 106 cm³/mol. The Kier molecular flexibility index (Phi) is 8.97. The second-order valence-electron chi connectivity index (χ2n) is 7.26. The maximum Gasteiger partial charge on any atom is 0.191 e. The van der Waals surface area contributed by atoms with Crippen LogP contribution in [-0.2, 0) is 11.3 Å². The van der Waals surface area contributed by atoms with E-state index >= 15 is 0 Å². The van der Waals surface area contributed by atoms with Crippen LogP contribution in [-0.4, -0.2) is 69.0 Å². The lowest BCUT2D eigenvalue weighted by Gasteiger charge is -2.25. The van der Waals surface area contributed by atoms with Crippen molar-refractivity contribution in [2.45, 2.75) is 26.3 Å². The number of hydrogen-bond acceptors (Lipinski definition) is 4. The SMILES string of the molecule is CCNC(=NCC1(CCO)CCOC1)NCCN(C)Cc1ccc(F)cc1. The van der Waals surface area contributed by atoms with Crippen molar-refractivity contribution in [1.29, 1.82) is 0 Å². The van der Waals surface area contributed by atoms with Gasteiger partial charge in [-0.3, -0.25) is 4.99 Å². The van der Waals surface area contributed by atoms with Crippen LogP contribution in [0.3, 0.4) is 0 Å². The van der Waals surface area contributed by atoms with Crippen LogP contribution in [0.5, 0.6) is 0 Å². The summed E-state index contributed by atoms with van der Waals surface area (Å²) in [6.45, 7) is 7.42. The number of aliphatic hydroxyl groups is 1. The van der Waals surface area contributed by atoms with Crippen molar-refractivity contribution in [3.63, 3.8) is 0 Å². The maximum atomic E-state index is 13.0. The van der Waals surface area contributed by atoms with Crippen LogP contribution in [0.4, 0.5) is 4.39 Å². The molecule has 6 nitrogen and oxygen atoms in total. The van der Waals surface area contributed by atoms with Gasteiger partial charge in [0, 0.05) is 44.8 Å². The molecule has 152 valence electrons. The van der Waals surface area contributed by atoms with Crippen LogP contribution in [0, 0.1) is 11.2 Å². The number of aliphatic hydroxyl groups excluding tert-OH is 1. The third-order valence-electron chi connectivity index (χ3n) is 4.90. The summed E-state index contributed by atoms with van der Waals surface area (Å²) in [4.78, 5) is 6.90. The van der Waals surface area contributed by atoms with E-state index in [9.17, 15) is 9.50 Å². The molecule has 1 heterocycles. The lowest BCUT2D eigenvalue weighted by molar-refractivity contribution is 0.131. The van der Waals surface area contributed by atoms with Crippen molar-refractivity contribution in [2.24, 2.45) is 10.4 Å². The van der Waals surface area contributed by atoms with Gasteiger partial charge in [-0.05, 0) is 44.5 Å². The van der Waals surface area contributed by atoms with Crippen molar-refractivity contribution in [2.75, 3.05) is 53.0 Å². The minimum Gasteiger partial charge on any atom is -0.396 e. The van der Waals surface area contributed by atoms with Gasteiger partial charge in [0.2, 0.25) is 0 Å². The molecule has 1 saturated heterocycles. The zero-order chi connectivity index (χ0) is 19.5. The third-order valence-corrected chi connectivity index (χ3v) is 4.90. The van der Waals surface area contributed by atoms with Gasteiger partial charge in [-0.1, -0.05) is 12.1 Å². The highest BCUT2D eigenvalue weighted by Gasteiger charge is 2.34. The maximum absolute atomic E-state index is 13.0. The van der Waals surface area contributed by atoms with Gasteiger partial charge in [0.1, 0.15) is 5.82 Å². The van der Waals surface area contributed by atoms with Gasteiger partial charge in [0.05, 0.1) is 13.2 Å². The van der Waals surface area contributed by atoms with E-state index < -0.39 is 0 Å². The lowest BCUT2D eigenvalue weighted by Crippen LogP contribution is -2.41. The van der Waals surface area contributed by atoms with Gasteiger partial charge in [0.25, 0.3) is 0 Å². The number of guanidine groups is 1. The number of aliphatic imine (C=N–C) groups is 1. The zero-order valence-corrected chi connectivity index (χ0v) is 16.5. The van der Waals surface area contributed by atoms with Gasteiger partial charge in [-0.25, -0.2) is 4.39 Å². The van der Waals surface area contributed by atoms with E-state index in [-0.39, 0.29) is 17.8 Å². The second-order valence-corrected chi connectivity index (χ2v) is 7.26. The molecule has 1 atom stereocenters. The number of likely N-dealkylation sites (N-methyl/N-ethyl adjacent to an activating group) is 1. The van der Waals surface area contributed by atoms with E-state index in [2.05, 4.69) is 15.5 Å². The second kappa shape index (κ2) is 11.2. The molecule has 1 aliphatic heterocycles. The molecule has 7 heteroatoms. The molecule has 0 aromatic heterocycles. The van der Waals surface area contributed by atoms with Crippen LogP contribution in [0.2, 0.25) is 0 Å². The van der Waals surface area contributed by atoms with Crippen molar-refractivity contribution < 1.29 is 14.2 Å². The molecule has 27 heavy (non-hydrogen) atoms. The average Bonchev–Trinajstić information content (AvgIpc) is 3.11. The number of rotatable bonds is 10. The molecule has 0 aliphatic carbocycles. The van der Waals surface area contributed by atoms with Gasteiger partial charge in [-0.2, -0.15) is 0 Å². The average molecular weight is 381 g/mol. The van der Waals surface area contributed by atoms with E-state index in [1.54, 1.807) is 0 Å². The monoisotopic (exact) mass is 380 g/mol. The topological polar surface area (TPSA) is 69.1 Å². The molecule has 1 aromatic rings. The summed E-state index contributed by atoms with van der Waals surface area (Å²) in [5, 5.41) is 16.0. The highest BCUT2D eigenvalue weighted by Crippen LogP contribution is 2.32. The van der Waals surface area contributed by atoms with E-state index in [4.69, 9.17) is 9.73 Å². The number of benzene rings is 1. The van der Waals surface area contributed by atoms with Gasteiger partial charge < -0.3 is 25.4 Å². The first kappa shape index (κ1) is 21.6. The van der Waals surface area contributed by atoms with E-state index in [1.807, 2.05) is 26.1 Å². The first-order valence-corrected chi connectivity index (χ1v) is 9.71. The minimum absolute atomic E-state index is 0.0452. The number of nitrogens with zero attached hydrogens (tertiary/aromatic N) is 2. The molecule has 0 bridgehead atoms. The number of halogens is 1. The van der Waals surface area contributed by atoms with Gasteiger partial charge in [-0.15, -0.1) is 0 Å². The molecule has 0 radical (unpaired) electrons. The fourth-order valence-electron chi connectivity index (χ4n) is 3.22. The van der Waals surface area contributed by atoms with E-state index in [1.165, 1.54) is 12.1 Å². The Bertz CT molecular complexity index is 574. The smallest absolute Gasteiger partial charge is 0.191 e. The third kappa shape index (κ3) is 7.44. The van der Waals surface area contributed by atoms with E-state index in [0.29, 0.717) is 13.2 Å². The molecule has 1 aliphatic rings. The summed E-state index contributed by atoms with van der Waals surface area (Å²) in [6, 6.07) is 6.61. The summed E-state index contributed by atoms with van der Waals surface area (Å²) in [6.07, 6.45) is 1.66. The minimum atomic E-state index is -0.207. The predicted octanol–water partition coefficient (Wildman–Crippen LogP) is 1.60. The Morgan fingerprint density at radius 3 is 2.74 bits per heavy atom. The molecule has 2 rings (SSSR count). The molecule has 0 amide bonds. The molecule has 1 fully saturated rings. The number of ether oxygens (including phenoxy) is 1. The summed E-state index contributed by atoms with van der Waals surface area (Å²) in [7, 11) is 2.04. The summed E-state index contributed by atoms with van der Waals surface area (Å²) < 4.78 is 18.5. The number of nitrogens with one attached hydrogen (secondary N) is 2. The first-order valence-electron chi connectivity index (χ1n) is 9.71. The van der Waals surface area contributed by atoms with Crippen LogP contribution in [0.25, 0.3) is 0 Å². The Labute approximate surface area is 161 Å². The molecule has 0 saturated carbocycles. The Hall–Kier alpha value is -1.70. The molecule has 3 N–H and O–H groups in total. The fraction of sp³-hybridized carbons (Fsp3) is 0.650. The Morgan fingerprint density at radius 2 is 2.11 bits per heavy atom. The Balaban J connectivity index is 1.79. The molecular formula is C20H33FN4O2. The normalized spacial score (nSPS) is 20.3. The summed E-state index contributed by atoms with van der Waals surface area (Å²) >= 11 is 0. The number of hydrogen-bond donors (Lipinski definition) is 3. The molecule has 0 spiro atoms. The zero-order valence-electron chi connectivity index (χ0n) is 16.5. The van der Waals surface area contributed by atoms with Crippen molar-refractivity contribution >= 4 is 5.96 Å². The van der Waals surface area contributed by atoms with Crippen LogP contribution >= 0.6 is 0 Å². The largest absolute Gasteiger partial charge is 0.396 e. The lowest BCUT2D eigenvalue weighted by atomic mass is 9.84. The van der Waals surface area contributed by atoms with Crippen molar-refractivity contribution in [3.05, 3.63) is 35.6 Å². The van der Waals surface area contributed by atoms with Crippen molar-refractivity contribution in [1.82, 2.24) is 15.5 Å². The molecular weight excluding hydrogens is 347 g/mol. The standard InChI is InChI=1S/C20H33FN4O2/c1-3-22-19(24-15-20(8-12-26)9-13-27-16-20)23-10-11-25(2)14-17-4-6-18(21)7-5-17/h4-7,26H,3,8-16H2,1-2H3,(H2,22,23,24).